The van der Waals surface area contributed by atoms with Gasteiger partial charge in [-0.2, -0.15) is 13.2 Å². The summed E-state index contributed by atoms with van der Waals surface area (Å²) in [5.41, 5.74) is 1.38. The number of aromatic nitrogens is 1. The maximum Gasteiger partial charge on any atom is 0.417 e. The van der Waals surface area contributed by atoms with Gasteiger partial charge in [0.15, 0.2) is 0 Å². The van der Waals surface area contributed by atoms with Crippen LogP contribution in [0.5, 0.6) is 0 Å². The van der Waals surface area contributed by atoms with Crippen molar-refractivity contribution in [1.82, 2.24) is 9.88 Å². The van der Waals surface area contributed by atoms with Crippen LogP contribution in [-0.4, -0.2) is 28.6 Å². The third kappa shape index (κ3) is 5.22. The zero-order valence-corrected chi connectivity index (χ0v) is 15.0. The summed E-state index contributed by atoms with van der Waals surface area (Å²) in [6.07, 6.45) is -3.62. The molecular weight excluding hydrogens is 349 g/mol. The molecular formula is C18H19F3N2OS. The Bertz CT molecular complexity index is 715. The highest BCUT2D eigenvalue weighted by Crippen LogP contribution is 2.29. The van der Waals surface area contributed by atoms with E-state index in [0.29, 0.717) is 5.03 Å². The van der Waals surface area contributed by atoms with E-state index in [1.807, 2.05) is 38.1 Å². The molecule has 1 atom stereocenters. The number of thioether (sulfide) groups is 1. The van der Waals surface area contributed by atoms with Crippen LogP contribution < -0.4 is 0 Å². The quantitative estimate of drug-likeness (QED) is 0.716. The van der Waals surface area contributed by atoms with Crippen LogP contribution in [0.25, 0.3) is 0 Å². The first-order valence-corrected chi connectivity index (χ1v) is 8.65. The Hall–Kier alpha value is -2.02. The van der Waals surface area contributed by atoms with Crippen molar-refractivity contribution < 1.29 is 18.0 Å². The van der Waals surface area contributed by atoms with Gasteiger partial charge in [0, 0.05) is 13.2 Å². The minimum atomic E-state index is -4.41. The maximum absolute atomic E-state index is 12.5. The maximum atomic E-state index is 12.5. The average molecular weight is 368 g/mol. The number of halogens is 3. The topological polar surface area (TPSA) is 33.2 Å². The molecule has 1 aromatic heterocycles. The van der Waals surface area contributed by atoms with E-state index >= 15 is 0 Å². The highest BCUT2D eigenvalue weighted by atomic mass is 32.2. The van der Waals surface area contributed by atoms with Crippen LogP contribution >= 0.6 is 11.8 Å². The molecule has 0 bridgehead atoms. The molecule has 1 unspecified atom stereocenters. The lowest BCUT2D eigenvalue weighted by atomic mass is 10.1. The number of amides is 1. The summed E-state index contributed by atoms with van der Waals surface area (Å²) in [5, 5.41) is 0.387. The second-order valence-electron chi connectivity index (χ2n) is 5.76. The van der Waals surface area contributed by atoms with Crippen LogP contribution in [0.15, 0.2) is 47.6 Å². The molecule has 2 rings (SSSR count). The first-order valence-electron chi connectivity index (χ1n) is 7.66. The van der Waals surface area contributed by atoms with Crippen molar-refractivity contribution in [2.45, 2.75) is 31.1 Å². The first kappa shape index (κ1) is 19.3. The number of nitrogens with zero attached hydrogens (tertiary/aromatic N) is 2. The van der Waals surface area contributed by atoms with Crippen molar-refractivity contribution in [3.8, 4) is 0 Å². The van der Waals surface area contributed by atoms with Crippen LogP contribution in [0.1, 0.15) is 29.7 Å². The van der Waals surface area contributed by atoms with Gasteiger partial charge < -0.3 is 4.90 Å². The molecule has 3 nitrogen and oxygen atoms in total. The van der Waals surface area contributed by atoms with Crippen molar-refractivity contribution in [2.75, 3.05) is 12.8 Å². The van der Waals surface area contributed by atoms with E-state index in [2.05, 4.69) is 4.98 Å². The number of hydrogen-bond donors (Lipinski definition) is 0. The van der Waals surface area contributed by atoms with Gasteiger partial charge in [-0.25, -0.2) is 4.98 Å². The fourth-order valence-electron chi connectivity index (χ4n) is 2.16. The second kappa shape index (κ2) is 7.91. The van der Waals surface area contributed by atoms with Crippen LogP contribution in [0.3, 0.4) is 0 Å². The Kier molecular flexibility index (Phi) is 6.11. The minimum Gasteiger partial charge on any atom is -0.338 e. The molecule has 7 heteroatoms. The largest absolute Gasteiger partial charge is 0.417 e. The monoisotopic (exact) mass is 368 g/mol. The third-order valence-electron chi connectivity index (χ3n) is 3.94. The number of hydrogen-bond acceptors (Lipinski definition) is 3. The molecule has 1 amide bonds. The van der Waals surface area contributed by atoms with Crippen molar-refractivity contribution >= 4 is 17.7 Å². The normalized spacial score (nSPS) is 12.7. The fraction of sp³-hybridized carbons (Fsp3) is 0.333. The Morgan fingerprint density at radius 2 is 1.84 bits per heavy atom. The number of pyridine rings is 1. The standard InChI is InChI=1S/C18H19F3N2OS/c1-12-4-6-14(7-5-12)13(2)23(3)17(24)11-25-16-9-8-15(10-22-16)18(19,20)21/h4-10,13H,11H2,1-3H3. The van der Waals surface area contributed by atoms with Gasteiger partial charge >= 0.3 is 6.18 Å². The van der Waals surface area contributed by atoms with E-state index in [0.717, 1.165) is 35.2 Å². The summed E-state index contributed by atoms with van der Waals surface area (Å²) in [4.78, 5) is 17.7. The van der Waals surface area contributed by atoms with Gasteiger partial charge in [0.1, 0.15) is 0 Å². The zero-order chi connectivity index (χ0) is 18.6. The predicted octanol–water partition coefficient (Wildman–Crippen LogP) is 4.72. The second-order valence-corrected chi connectivity index (χ2v) is 6.76. The summed E-state index contributed by atoms with van der Waals surface area (Å²) in [7, 11) is 1.72. The molecule has 1 heterocycles. The molecule has 1 aromatic carbocycles. The summed E-state index contributed by atoms with van der Waals surface area (Å²) in [5.74, 6) is 0.00482. The van der Waals surface area contributed by atoms with Crippen molar-refractivity contribution in [2.24, 2.45) is 0 Å². The number of rotatable bonds is 5. The third-order valence-corrected chi connectivity index (χ3v) is 4.87. The summed E-state index contributed by atoms with van der Waals surface area (Å²) in [6.45, 7) is 3.93. The molecule has 0 aliphatic rings. The van der Waals surface area contributed by atoms with Gasteiger partial charge in [-0.3, -0.25) is 4.79 Å². The van der Waals surface area contributed by atoms with Crippen LogP contribution in [0, 0.1) is 6.92 Å². The molecule has 0 N–H and O–H groups in total. The van der Waals surface area contributed by atoms with Gasteiger partial charge in [0.2, 0.25) is 5.91 Å². The van der Waals surface area contributed by atoms with E-state index in [1.54, 1.807) is 11.9 Å². The van der Waals surface area contributed by atoms with Gasteiger partial charge in [-0.15, -0.1) is 0 Å². The van der Waals surface area contributed by atoms with Gasteiger partial charge in [0.25, 0.3) is 0 Å². The predicted molar refractivity (Wildman–Crippen MR) is 92.3 cm³/mol. The molecule has 0 aliphatic heterocycles. The Labute approximate surface area is 149 Å². The molecule has 0 radical (unpaired) electrons. The molecule has 2 aromatic rings. The van der Waals surface area contributed by atoms with Crippen molar-refractivity contribution in [3.05, 3.63) is 59.3 Å². The Morgan fingerprint density at radius 3 is 2.36 bits per heavy atom. The smallest absolute Gasteiger partial charge is 0.338 e. The van der Waals surface area contributed by atoms with E-state index < -0.39 is 11.7 Å². The number of benzene rings is 1. The number of carbonyl (C=O) groups is 1. The minimum absolute atomic E-state index is 0.0886. The van der Waals surface area contributed by atoms with Crippen molar-refractivity contribution in [3.63, 3.8) is 0 Å². The highest BCUT2D eigenvalue weighted by Gasteiger charge is 2.30. The van der Waals surface area contributed by atoms with E-state index in [-0.39, 0.29) is 17.7 Å². The molecule has 25 heavy (non-hydrogen) atoms. The fourth-order valence-corrected chi connectivity index (χ4v) is 2.92. The Balaban J connectivity index is 1.94. The van der Waals surface area contributed by atoms with Crippen molar-refractivity contribution in [1.29, 1.82) is 0 Å². The molecule has 0 spiro atoms. The number of carbonyl (C=O) groups excluding carboxylic acids is 1. The summed E-state index contributed by atoms with van der Waals surface area (Å²) in [6, 6.07) is 10.1. The zero-order valence-electron chi connectivity index (χ0n) is 14.2. The lowest BCUT2D eigenvalue weighted by Crippen LogP contribution is -2.31. The molecule has 134 valence electrons. The van der Waals surface area contributed by atoms with Gasteiger partial charge in [0.05, 0.1) is 22.4 Å². The summed E-state index contributed by atoms with van der Waals surface area (Å²) >= 11 is 1.12. The number of aryl methyl sites for hydroxylation is 1. The van der Waals surface area contributed by atoms with Crippen LogP contribution in [0.4, 0.5) is 13.2 Å². The van der Waals surface area contributed by atoms with E-state index in [4.69, 9.17) is 0 Å². The van der Waals surface area contributed by atoms with E-state index in [1.165, 1.54) is 6.07 Å². The lowest BCUT2D eigenvalue weighted by Gasteiger charge is -2.25. The average Bonchev–Trinajstić information content (AvgIpc) is 2.58. The Morgan fingerprint density at radius 1 is 1.20 bits per heavy atom. The molecule has 0 aliphatic carbocycles. The molecule has 0 saturated carbocycles. The summed E-state index contributed by atoms with van der Waals surface area (Å²) < 4.78 is 37.5. The molecule has 0 saturated heterocycles. The van der Waals surface area contributed by atoms with Crippen LogP contribution in [-0.2, 0) is 11.0 Å². The van der Waals surface area contributed by atoms with Gasteiger partial charge in [-0.1, -0.05) is 41.6 Å². The first-order chi connectivity index (χ1) is 11.7. The molecule has 0 fully saturated rings. The van der Waals surface area contributed by atoms with Gasteiger partial charge in [-0.05, 0) is 31.5 Å². The number of alkyl halides is 3. The SMILES string of the molecule is Cc1ccc(C(C)N(C)C(=O)CSc2ccc(C(F)(F)F)cn2)cc1. The lowest BCUT2D eigenvalue weighted by molar-refractivity contribution is -0.138. The van der Waals surface area contributed by atoms with Crippen LogP contribution in [0.2, 0.25) is 0 Å². The highest BCUT2D eigenvalue weighted by molar-refractivity contribution is 7.99. The van der Waals surface area contributed by atoms with E-state index in [9.17, 15) is 18.0 Å².